The molecule has 0 aliphatic carbocycles. The summed E-state index contributed by atoms with van der Waals surface area (Å²) in [6.07, 6.45) is 5.08. The van der Waals surface area contributed by atoms with Gasteiger partial charge in [0.15, 0.2) is 0 Å². The van der Waals surface area contributed by atoms with Crippen molar-refractivity contribution in [2.75, 3.05) is 11.9 Å². The van der Waals surface area contributed by atoms with Crippen LogP contribution < -0.4 is 10.6 Å². The van der Waals surface area contributed by atoms with Crippen LogP contribution in [0.2, 0.25) is 0 Å². The molecule has 2 aromatic carbocycles. The lowest BCUT2D eigenvalue weighted by Crippen LogP contribution is -2.33. The number of carbonyl (C=O) groups excluding carboxylic acids is 2. The van der Waals surface area contributed by atoms with Crippen LogP contribution >= 0.6 is 11.8 Å². The zero-order chi connectivity index (χ0) is 20.8. The van der Waals surface area contributed by atoms with Crippen molar-refractivity contribution in [1.29, 1.82) is 0 Å². The van der Waals surface area contributed by atoms with Crippen LogP contribution in [0.4, 0.5) is 5.69 Å². The van der Waals surface area contributed by atoms with E-state index < -0.39 is 0 Å². The van der Waals surface area contributed by atoms with Crippen LogP contribution in [0.15, 0.2) is 95.1 Å². The van der Waals surface area contributed by atoms with Gasteiger partial charge >= 0.3 is 0 Å². The number of aromatic nitrogens is 2. The summed E-state index contributed by atoms with van der Waals surface area (Å²) in [5, 5.41) is 7.09. The van der Waals surface area contributed by atoms with Gasteiger partial charge in [-0.15, -0.1) is 0 Å². The second kappa shape index (κ2) is 9.19. The predicted octanol–water partition coefficient (Wildman–Crippen LogP) is 4.15. The molecular weight excluding hydrogens is 396 g/mol. The van der Waals surface area contributed by atoms with E-state index in [4.69, 9.17) is 0 Å². The minimum atomic E-state index is -0.383. The molecule has 2 N–H and O–H groups in total. The van der Waals surface area contributed by atoms with E-state index in [9.17, 15) is 9.59 Å². The lowest BCUT2D eigenvalue weighted by atomic mass is 10.1. The highest BCUT2D eigenvalue weighted by molar-refractivity contribution is 7.99. The average molecular weight is 414 g/mol. The van der Waals surface area contributed by atoms with Crippen LogP contribution in [0.25, 0.3) is 10.8 Å². The molecule has 2 aromatic heterocycles. The maximum Gasteiger partial charge on any atom is 0.270 e. The number of benzene rings is 2. The fourth-order valence-corrected chi connectivity index (χ4v) is 3.70. The van der Waals surface area contributed by atoms with Crippen molar-refractivity contribution in [3.05, 3.63) is 91.0 Å². The summed E-state index contributed by atoms with van der Waals surface area (Å²) in [4.78, 5) is 35.0. The lowest BCUT2D eigenvalue weighted by Gasteiger charge is -2.09. The van der Waals surface area contributed by atoms with Gasteiger partial charge in [0.1, 0.15) is 5.69 Å². The lowest BCUT2D eigenvalue weighted by molar-refractivity contribution is -0.115. The van der Waals surface area contributed by atoms with Crippen LogP contribution in [0.3, 0.4) is 0 Å². The molecule has 2 amide bonds. The van der Waals surface area contributed by atoms with Crippen LogP contribution in [-0.2, 0) is 4.79 Å². The van der Waals surface area contributed by atoms with Crippen molar-refractivity contribution in [3.8, 4) is 0 Å². The van der Waals surface area contributed by atoms with E-state index in [1.54, 1.807) is 30.4 Å². The highest BCUT2D eigenvalue weighted by atomic mass is 32.2. The predicted molar refractivity (Wildman–Crippen MR) is 118 cm³/mol. The monoisotopic (exact) mass is 414 g/mol. The van der Waals surface area contributed by atoms with Crippen LogP contribution in [0, 0.1) is 0 Å². The molecule has 0 spiro atoms. The number of hydrogen-bond donors (Lipinski definition) is 2. The molecule has 0 atom stereocenters. The van der Waals surface area contributed by atoms with Gasteiger partial charge in [-0.25, -0.2) is 0 Å². The van der Waals surface area contributed by atoms with Crippen molar-refractivity contribution >= 4 is 40.0 Å². The fraction of sp³-hybridized carbons (Fsp3) is 0.0435. The van der Waals surface area contributed by atoms with E-state index in [1.807, 2.05) is 66.7 Å². The van der Waals surface area contributed by atoms with Crippen molar-refractivity contribution in [2.45, 2.75) is 9.79 Å². The number of nitrogens with zero attached hydrogens (tertiary/aromatic N) is 2. The molecule has 0 saturated heterocycles. The summed E-state index contributed by atoms with van der Waals surface area (Å²) in [6.45, 7) is -0.142. The Kier molecular flexibility index (Phi) is 6.01. The molecule has 2 heterocycles. The first-order valence-electron chi connectivity index (χ1n) is 9.29. The summed E-state index contributed by atoms with van der Waals surface area (Å²) in [7, 11) is 0. The molecule has 4 rings (SSSR count). The topological polar surface area (TPSA) is 84.0 Å². The van der Waals surface area contributed by atoms with E-state index >= 15 is 0 Å². The zero-order valence-corrected chi connectivity index (χ0v) is 16.7. The number of pyridine rings is 2. The van der Waals surface area contributed by atoms with Gasteiger partial charge in [-0.3, -0.25) is 19.6 Å². The first-order valence-corrected chi connectivity index (χ1v) is 10.1. The largest absolute Gasteiger partial charge is 0.342 e. The highest BCUT2D eigenvalue weighted by Gasteiger charge is 2.12. The van der Waals surface area contributed by atoms with Crippen molar-refractivity contribution in [3.63, 3.8) is 0 Å². The Morgan fingerprint density at radius 3 is 2.37 bits per heavy atom. The second-order valence-electron chi connectivity index (χ2n) is 6.42. The van der Waals surface area contributed by atoms with E-state index in [0.717, 1.165) is 20.6 Å². The van der Waals surface area contributed by atoms with E-state index in [-0.39, 0.29) is 18.4 Å². The summed E-state index contributed by atoms with van der Waals surface area (Å²) in [5.41, 5.74) is 0.968. The Morgan fingerprint density at radius 2 is 1.57 bits per heavy atom. The number of amides is 2. The third-order valence-corrected chi connectivity index (χ3v) is 5.34. The Labute approximate surface area is 177 Å². The van der Waals surface area contributed by atoms with Gasteiger partial charge in [0.2, 0.25) is 5.91 Å². The molecule has 0 unspecified atom stereocenters. The van der Waals surface area contributed by atoms with Crippen molar-refractivity contribution < 1.29 is 9.59 Å². The molecule has 6 nitrogen and oxygen atoms in total. The summed E-state index contributed by atoms with van der Waals surface area (Å²) < 4.78 is 0. The minimum Gasteiger partial charge on any atom is -0.342 e. The fourth-order valence-electron chi connectivity index (χ4n) is 2.90. The third kappa shape index (κ3) is 4.82. The van der Waals surface area contributed by atoms with Crippen molar-refractivity contribution in [2.24, 2.45) is 0 Å². The normalized spacial score (nSPS) is 10.5. The molecule has 0 bridgehead atoms. The number of hydrogen-bond acceptors (Lipinski definition) is 5. The smallest absolute Gasteiger partial charge is 0.270 e. The zero-order valence-electron chi connectivity index (χ0n) is 15.9. The summed E-state index contributed by atoms with van der Waals surface area (Å²) in [5.74, 6) is -0.691. The molecule has 0 saturated carbocycles. The Bertz CT molecular complexity index is 1180. The van der Waals surface area contributed by atoms with E-state index in [0.29, 0.717) is 11.4 Å². The van der Waals surface area contributed by atoms with E-state index in [1.165, 1.54) is 0 Å². The van der Waals surface area contributed by atoms with Gasteiger partial charge in [0, 0.05) is 39.5 Å². The maximum absolute atomic E-state index is 12.5. The van der Waals surface area contributed by atoms with Crippen LogP contribution in [0.5, 0.6) is 0 Å². The molecular formula is C23H18N4O2S. The standard InChI is InChI=1S/C23H18N4O2S/c28-21(15-26-23(29)22-20-4-2-1-3-16(20)9-14-25-22)27-17-5-7-18(8-6-17)30-19-10-12-24-13-11-19/h1-14H,15H2,(H,26,29)(H,27,28). The number of rotatable bonds is 6. The van der Waals surface area contributed by atoms with Gasteiger partial charge in [-0.2, -0.15) is 0 Å². The summed E-state index contributed by atoms with van der Waals surface area (Å²) in [6, 6.07) is 20.7. The molecule has 4 aromatic rings. The minimum absolute atomic E-state index is 0.142. The third-order valence-electron chi connectivity index (χ3n) is 4.32. The van der Waals surface area contributed by atoms with Gasteiger partial charge in [0.25, 0.3) is 5.91 Å². The molecule has 148 valence electrons. The molecule has 7 heteroatoms. The molecule has 0 aliphatic rings. The molecule has 0 radical (unpaired) electrons. The number of fused-ring (bicyclic) bond motifs is 1. The Hall–Kier alpha value is -3.71. The van der Waals surface area contributed by atoms with Crippen LogP contribution in [-0.4, -0.2) is 28.3 Å². The van der Waals surface area contributed by atoms with E-state index in [2.05, 4.69) is 20.6 Å². The SMILES string of the molecule is O=C(CNC(=O)c1nccc2ccccc12)Nc1ccc(Sc2ccncc2)cc1. The van der Waals surface area contributed by atoms with Gasteiger partial charge < -0.3 is 10.6 Å². The molecule has 0 aliphatic heterocycles. The average Bonchev–Trinajstić information content (AvgIpc) is 2.79. The Balaban J connectivity index is 1.33. The second-order valence-corrected chi connectivity index (χ2v) is 7.57. The van der Waals surface area contributed by atoms with Gasteiger partial charge in [-0.05, 0) is 47.9 Å². The number of anilines is 1. The number of nitrogens with one attached hydrogen (secondary N) is 2. The maximum atomic E-state index is 12.5. The highest BCUT2D eigenvalue weighted by Crippen LogP contribution is 2.27. The first kappa shape index (κ1) is 19.6. The number of carbonyl (C=O) groups is 2. The Morgan fingerprint density at radius 1 is 0.833 bits per heavy atom. The summed E-state index contributed by atoms with van der Waals surface area (Å²) >= 11 is 1.61. The quantitative estimate of drug-likeness (QED) is 0.495. The van der Waals surface area contributed by atoms with Gasteiger partial charge in [0.05, 0.1) is 6.54 Å². The van der Waals surface area contributed by atoms with Crippen molar-refractivity contribution in [1.82, 2.24) is 15.3 Å². The van der Waals surface area contributed by atoms with Crippen LogP contribution in [0.1, 0.15) is 10.5 Å². The first-order chi connectivity index (χ1) is 14.7. The van der Waals surface area contributed by atoms with Gasteiger partial charge in [-0.1, -0.05) is 36.0 Å². The molecule has 30 heavy (non-hydrogen) atoms. The molecule has 0 fully saturated rings.